The second-order valence-corrected chi connectivity index (χ2v) is 6.86. The summed E-state index contributed by atoms with van der Waals surface area (Å²) in [7, 11) is 1.67. The van der Waals surface area contributed by atoms with Crippen molar-refractivity contribution in [1.82, 2.24) is 4.90 Å². The van der Waals surface area contributed by atoms with E-state index in [0.29, 0.717) is 0 Å². The minimum absolute atomic E-state index is 0.0883. The van der Waals surface area contributed by atoms with Gasteiger partial charge in [0.1, 0.15) is 5.75 Å². The van der Waals surface area contributed by atoms with Gasteiger partial charge in [0.2, 0.25) is 5.91 Å². The summed E-state index contributed by atoms with van der Waals surface area (Å²) in [4.78, 5) is 14.6. The Kier molecular flexibility index (Phi) is 4.57. The zero-order chi connectivity index (χ0) is 15.5. The molecule has 0 saturated carbocycles. The predicted octanol–water partition coefficient (Wildman–Crippen LogP) is 3.53. The first-order valence-electron chi connectivity index (χ1n) is 7.63. The molecule has 2 aromatic rings. The highest BCUT2D eigenvalue weighted by atomic mass is 32.2. The van der Waals surface area contributed by atoms with Crippen LogP contribution in [-0.2, 0) is 4.79 Å². The van der Waals surface area contributed by atoms with E-state index < -0.39 is 0 Å². The summed E-state index contributed by atoms with van der Waals surface area (Å²) >= 11 is 1.92. The van der Waals surface area contributed by atoms with Crippen LogP contribution in [0.3, 0.4) is 0 Å². The normalized spacial score (nSPS) is 16.5. The number of methoxy groups -OCH3 is 1. The second-order valence-electron chi connectivity index (χ2n) is 5.63. The fraction of sp³-hybridized carbons (Fsp3) is 0.389. The predicted molar refractivity (Wildman–Crippen MR) is 92.8 cm³/mol. The van der Waals surface area contributed by atoms with Gasteiger partial charge in [0.25, 0.3) is 0 Å². The third-order valence-corrected chi connectivity index (χ3v) is 5.21. The van der Waals surface area contributed by atoms with E-state index in [1.165, 1.54) is 0 Å². The van der Waals surface area contributed by atoms with Gasteiger partial charge in [0, 0.05) is 24.6 Å². The van der Waals surface area contributed by atoms with Gasteiger partial charge in [-0.2, -0.15) is 11.8 Å². The first kappa shape index (κ1) is 15.2. The van der Waals surface area contributed by atoms with E-state index in [1.807, 2.05) is 41.8 Å². The molecule has 1 atom stereocenters. The number of benzene rings is 2. The van der Waals surface area contributed by atoms with Crippen molar-refractivity contribution in [2.45, 2.75) is 12.8 Å². The summed E-state index contributed by atoms with van der Waals surface area (Å²) in [6.45, 7) is 3.76. The van der Waals surface area contributed by atoms with Crippen molar-refractivity contribution < 1.29 is 9.53 Å². The summed E-state index contributed by atoms with van der Waals surface area (Å²) in [6.07, 6.45) is 0. The van der Waals surface area contributed by atoms with Gasteiger partial charge in [0.15, 0.2) is 0 Å². The molecule has 0 aromatic heterocycles. The summed E-state index contributed by atoms with van der Waals surface area (Å²) in [5, 5.41) is 2.28. The Hall–Kier alpha value is -1.68. The van der Waals surface area contributed by atoms with Gasteiger partial charge in [-0.25, -0.2) is 0 Å². The average Bonchev–Trinajstić information content (AvgIpc) is 2.60. The molecule has 0 spiro atoms. The third-order valence-electron chi connectivity index (χ3n) is 4.26. The van der Waals surface area contributed by atoms with Gasteiger partial charge in [-0.3, -0.25) is 4.79 Å². The molecule has 116 valence electrons. The first-order valence-corrected chi connectivity index (χ1v) is 8.79. The summed E-state index contributed by atoms with van der Waals surface area (Å²) < 4.78 is 5.25. The number of hydrogen-bond acceptors (Lipinski definition) is 3. The van der Waals surface area contributed by atoms with Gasteiger partial charge >= 0.3 is 0 Å². The van der Waals surface area contributed by atoms with Crippen molar-refractivity contribution in [3.63, 3.8) is 0 Å². The lowest BCUT2D eigenvalue weighted by atomic mass is 9.96. The van der Waals surface area contributed by atoms with Gasteiger partial charge in [-0.1, -0.05) is 24.3 Å². The molecule has 3 nitrogen and oxygen atoms in total. The van der Waals surface area contributed by atoms with Crippen LogP contribution in [0.25, 0.3) is 10.8 Å². The number of ether oxygens (including phenoxy) is 1. The van der Waals surface area contributed by atoms with Gasteiger partial charge in [-0.05, 0) is 35.4 Å². The molecular formula is C18H21NO2S. The lowest BCUT2D eigenvalue weighted by molar-refractivity contribution is -0.132. The molecule has 1 aliphatic heterocycles. The molecule has 4 heteroatoms. The Labute approximate surface area is 135 Å². The second kappa shape index (κ2) is 6.61. The quantitative estimate of drug-likeness (QED) is 0.868. The van der Waals surface area contributed by atoms with Crippen LogP contribution >= 0.6 is 11.8 Å². The third kappa shape index (κ3) is 3.07. The maximum atomic E-state index is 12.6. The van der Waals surface area contributed by atoms with Crippen LogP contribution < -0.4 is 4.74 Å². The van der Waals surface area contributed by atoms with Crippen molar-refractivity contribution in [1.29, 1.82) is 0 Å². The van der Waals surface area contributed by atoms with Crippen LogP contribution in [0.1, 0.15) is 18.4 Å². The molecule has 3 rings (SSSR count). The molecule has 1 amide bonds. The molecule has 1 fully saturated rings. The number of nitrogens with zero attached hydrogens (tertiary/aromatic N) is 1. The van der Waals surface area contributed by atoms with Crippen LogP contribution in [0.15, 0.2) is 36.4 Å². The molecule has 1 heterocycles. The van der Waals surface area contributed by atoms with Gasteiger partial charge in [0.05, 0.1) is 13.0 Å². The maximum absolute atomic E-state index is 12.6. The molecular weight excluding hydrogens is 294 g/mol. The molecule has 0 N–H and O–H groups in total. The molecule has 22 heavy (non-hydrogen) atoms. The van der Waals surface area contributed by atoms with Crippen LogP contribution in [0.2, 0.25) is 0 Å². The van der Waals surface area contributed by atoms with Crippen LogP contribution in [0, 0.1) is 0 Å². The topological polar surface area (TPSA) is 29.5 Å². The van der Waals surface area contributed by atoms with E-state index in [9.17, 15) is 4.79 Å². The molecule has 1 saturated heterocycles. The molecule has 0 bridgehead atoms. The van der Waals surface area contributed by atoms with Crippen molar-refractivity contribution in [3.05, 3.63) is 42.0 Å². The minimum Gasteiger partial charge on any atom is -0.497 e. The molecule has 1 aliphatic rings. The van der Waals surface area contributed by atoms with E-state index in [1.54, 1.807) is 7.11 Å². The van der Waals surface area contributed by atoms with Crippen LogP contribution in [-0.4, -0.2) is 42.5 Å². The number of hydrogen-bond donors (Lipinski definition) is 0. The zero-order valence-electron chi connectivity index (χ0n) is 13.0. The molecule has 0 radical (unpaired) electrons. The maximum Gasteiger partial charge on any atom is 0.229 e. The Balaban J connectivity index is 1.84. The smallest absolute Gasteiger partial charge is 0.229 e. The van der Waals surface area contributed by atoms with E-state index in [4.69, 9.17) is 4.74 Å². The van der Waals surface area contributed by atoms with E-state index in [-0.39, 0.29) is 11.8 Å². The number of carbonyl (C=O) groups is 1. The summed E-state index contributed by atoms with van der Waals surface area (Å²) in [5.74, 6) is 3.12. The molecule has 1 unspecified atom stereocenters. The van der Waals surface area contributed by atoms with Crippen molar-refractivity contribution in [3.8, 4) is 5.75 Å². The number of amides is 1. The first-order chi connectivity index (χ1) is 10.7. The van der Waals surface area contributed by atoms with Crippen LogP contribution in [0.5, 0.6) is 5.75 Å². The SMILES string of the molecule is COc1ccc2cc(C(C)C(=O)N3CCSCC3)ccc2c1. The monoisotopic (exact) mass is 315 g/mol. The summed E-state index contributed by atoms with van der Waals surface area (Å²) in [5.41, 5.74) is 1.08. The fourth-order valence-electron chi connectivity index (χ4n) is 2.84. The summed E-state index contributed by atoms with van der Waals surface area (Å²) in [6, 6.07) is 12.3. The molecule has 2 aromatic carbocycles. The number of rotatable bonds is 3. The lowest BCUT2D eigenvalue weighted by Crippen LogP contribution is -2.40. The highest BCUT2D eigenvalue weighted by Gasteiger charge is 2.23. The van der Waals surface area contributed by atoms with E-state index >= 15 is 0 Å². The lowest BCUT2D eigenvalue weighted by Gasteiger charge is -2.29. The van der Waals surface area contributed by atoms with Crippen LogP contribution in [0.4, 0.5) is 0 Å². The molecule has 0 aliphatic carbocycles. The highest BCUT2D eigenvalue weighted by Crippen LogP contribution is 2.26. The average molecular weight is 315 g/mol. The van der Waals surface area contributed by atoms with Gasteiger partial charge in [-0.15, -0.1) is 0 Å². The van der Waals surface area contributed by atoms with Crippen molar-refractivity contribution >= 4 is 28.4 Å². The standard InChI is InChI=1S/C18H21NO2S/c1-13(18(20)19-7-9-22-10-8-19)14-3-4-16-12-17(21-2)6-5-15(16)11-14/h3-6,11-13H,7-10H2,1-2H3. The van der Waals surface area contributed by atoms with E-state index in [2.05, 4.69) is 18.2 Å². The Morgan fingerprint density at radius 1 is 1.14 bits per heavy atom. The minimum atomic E-state index is -0.0883. The number of carbonyl (C=O) groups excluding carboxylic acids is 1. The Morgan fingerprint density at radius 2 is 1.82 bits per heavy atom. The Bertz CT molecular complexity index is 680. The van der Waals surface area contributed by atoms with Gasteiger partial charge < -0.3 is 9.64 Å². The number of fused-ring (bicyclic) bond motifs is 1. The largest absolute Gasteiger partial charge is 0.497 e. The Morgan fingerprint density at radius 3 is 2.55 bits per heavy atom. The zero-order valence-corrected chi connectivity index (χ0v) is 13.9. The van der Waals surface area contributed by atoms with Crippen molar-refractivity contribution in [2.24, 2.45) is 0 Å². The van der Waals surface area contributed by atoms with E-state index in [0.717, 1.165) is 46.7 Å². The van der Waals surface area contributed by atoms with Crippen molar-refractivity contribution in [2.75, 3.05) is 31.7 Å². The number of thioether (sulfide) groups is 1. The highest BCUT2D eigenvalue weighted by molar-refractivity contribution is 7.99. The fourth-order valence-corrected chi connectivity index (χ4v) is 3.74.